The molecule has 0 radical (unpaired) electrons. The molecule has 0 bridgehead atoms. The van der Waals surface area contributed by atoms with Crippen molar-refractivity contribution in [2.45, 2.75) is 25.5 Å². The molecule has 0 saturated carbocycles. The smallest absolute Gasteiger partial charge is 0.244 e. The van der Waals surface area contributed by atoms with E-state index in [0.29, 0.717) is 30.2 Å². The van der Waals surface area contributed by atoms with Crippen LogP contribution in [0.5, 0.6) is 0 Å². The monoisotopic (exact) mass is 263 g/mol. The van der Waals surface area contributed by atoms with E-state index in [0.717, 1.165) is 5.56 Å². The van der Waals surface area contributed by atoms with Gasteiger partial charge in [-0.2, -0.15) is 4.98 Å². The Morgan fingerprint density at radius 1 is 1.47 bits per heavy atom. The van der Waals surface area contributed by atoms with Crippen molar-refractivity contribution < 1.29 is 14.0 Å². The number of benzene rings is 1. The second-order valence-corrected chi connectivity index (χ2v) is 4.77. The van der Waals surface area contributed by atoms with Crippen molar-refractivity contribution in [3.63, 3.8) is 0 Å². The van der Waals surface area contributed by atoms with Gasteiger partial charge >= 0.3 is 0 Å². The maximum Gasteiger partial charge on any atom is 0.244 e. The summed E-state index contributed by atoms with van der Waals surface area (Å²) in [7, 11) is 0. The number of β-amino-alcohol motifs (C(OH)–C–C–N with tert-alkyl or cyclic N) is 1. The second kappa shape index (κ2) is 4.71. The number of aryl methyl sites for hydroxylation is 1. The fraction of sp³-hybridized carbons (Fsp3) is 0.385. The molecule has 2 atom stereocenters. The summed E-state index contributed by atoms with van der Waals surface area (Å²) in [5, 5.41) is 16.4. The van der Waals surface area contributed by atoms with Gasteiger partial charge in [0.15, 0.2) is 0 Å². The normalized spacial score (nSPS) is 22.9. The Balaban J connectivity index is 1.90. The number of halogens is 1. The Morgan fingerprint density at radius 3 is 3.05 bits per heavy atom. The summed E-state index contributed by atoms with van der Waals surface area (Å²) in [5.41, 5.74) is 1.50. The van der Waals surface area contributed by atoms with E-state index in [9.17, 15) is 9.50 Å². The highest BCUT2D eigenvalue weighted by Crippen LogP contribution is 2.26. The Bertz CT molecular complexity index is 599. The van der Waals surface area contributed by atoms with Crippen LogP contribution < -0.4 is 5.32 Å². The van der Waals surface area contributed by atoms with E-state index in [1.54, 1.807) is 6.07 Å². The van der Waals surface area contributed by atoms with Crippen LogP contribution in [0.3, 0.4) is 0 Å². The highest BCUT2D eigenvalue weighted by atomic mass is 19.1. The number of aliphatic hydroxyl groups is 1. The standard InChI is InChI=1S/C13H14FN3O2/c1-7-2-3-8(14)4-10(7)12-16-13(19-17-12)11-5-9(18)6-15-11/h2-4,9,11,15,18H,5-6H2,1H3/t9-,11-/m1/s1. The van der Waals surface area contributed by atoms with Crippen LogP contribution in [-0.4, -0.2) is 27.9 Å². The largest absolute Gasteiger partial charge is 0.392 e. The predicted octanol–water partition coefficient (Wildman–Crippen LogP) is 1.58. The lowest BCUT2D eigenvalue weighted by atomic mass is 10.1. The lowest BCUT2D eigenvalue weighted by Crippen LogP contribution is -2.15. The molecule has 0 amide bonds. The molecule has 2 N–H and O–H groups in total. The quantitative estimate of drug-likeness (QED) is 0.860. The molecule has 1 aromatic heterocycles. The molecule has 5 nitrogen and oxygen atoms in total. The molecule has 6 heteroatoms. The van der Waals surface area contributed by atoms with E-state index in [1.165, 1.54) is 12.1 Å². The van der Waals surface area contributed by atoms with Gasteiger partial charge in [-0.25, -0.2) is 4.39 Å². The van der Waals surface area contributed by atoms with Crippen molar-refractivity contribution in [3.05, 3.63) is 35.5 Å². The molecule has 1 fully saturated rings. The van der Waals surface area contributed by atoms with E-state index in [2.05, 4.69) is 15.5 Å². The lowest BCUT2D eigenvalue weighted by molar-refractivity contribution is 0.191. The van der Waals surface area contributed by atoms with Crippen molar-refractivity contribution >= 4 is 0 Å². The van der Waals surface area contributed by atoms with Crippen molar-refractivity contribution in [2.24, 2.45) is 0 Å². The number of nitrogens with one attached hydrogen (secondary N) is 1. The van der Waals surface area contributed by atoms with E-state index in [-0.39, 0.29) is 11.9 Å². The average Bonchev–Trinajstić information content (AvgIpc) is 3.00. The Morgan fingerprint density at radius 2 is 2.32 bits per heavy atom. The molecule has 0 unspecified atom stereocenters. The summed E-state index contributed by atoms with van der Waals surface area (Å²) >= 11 is 0. The zero-order valence-corrected chi connectivity index (χ0v) is 10.4. The lowest BCUT2D eigenvalue weighted by Gasteiger charge is -2.02. The number of aromatic nitrogens is 2. The fourth-order valence-corrected chi connectivity index (χ4v) is 2.23. The highest BCUT2D eigenvalue weighted by Gasteiger charge is 2.28. The molecule has 1 aliphatic rings. The summed E-state index contributed by atoms with van der Waals surface area (Å²) in [5.74, 6) is 0.465. The minimum atomic E-state index is -0.392. The van der Waals surface area contributed by atoms with Gasteiger partial charge in [0, 0.05) is 12.1 Å². The first-order valence-electron chi connectivity index (χ1n) is 6.15. The van der Waals surface area contributed by atoms with Crippen LogP contribution in [0, 0.1) is 12.7 Å². The Labute approximate surface area is 109 Å². The molecular weight excluding hydrogens is 249 g/mol. The maximum atomic E-state index is 13.3. The van der Waals surface area contributed by atoms with Gasteiger partial charge in [0.1, 0.15) is 5.82 Å². The Kier molecular flexibility index (Phi) is 3.04. The zero-order valence-electron chi connectivity index (χ0n) is 10.4. The predicted molar refractivity (Wildman–Crippen MR) is 65.8 cm³/mol. The summed E-state index contributed by atoms with van der Waals surface area (Å²) in [6.45, 7) is 2.38. The van der Waals surface area contributed by atoms with Gasteiger partial charge in [0.25, 0.3) is 0 Å². The van der Waals surface area contributed by atoms with E-state index < -0.39 is 6.10 Å². The molecule has 0 spiro atoms. The van der Waals surface area contributed by atoms with Gasteiger partial charge in [0.05, 0.1) is 12.1 Å². The summed E-state index contributed by atoms with van der Waals surface area (Å²) < 4.78 is 18.4. The molecule has 1 aliphatic heterocycles. The van der Waals surface area contributed by atoms with Crippen molar-refractivity contribution in [2.75, 3.05) is 6.54 Å². The van der Waals surface area contributed by atoms with Gasteiger partial charge in [-0.05, 0) is 31.0 Å². The van der Waals surface area contributed by atoms with Gasteiger partial charge in [0.2, 0.25) is 11.7 Å². The molecule has 0 aliphatic carbocycles. The van der Waals surface area contributed by atoms with E-state index >= 15 is 0 Å². The van der Waals surface area contributed by atoms with Crippen molar-refractivity contribution in [1.82, 2.24) is 15.5 Å². The van der Waals surface area contributed by atoms with Crippen LogP contribution in [0.4, 0.5) is 4.39 Å². The Hall–Kier alpha value is -1.79. The highest BCUT2D eigenvalue weighted by molar-refractivity contribution is 5.59. The molecule has 2 heterocycles. The van der Waals surface area contributed by atoms with Gasteiger partial charge in [-0.1, -0.05) is 11.2 Å². The minimum Gasteiger partial charge on any atom is -0.392 e. The molecule has 100 valence electrons. The second-order valence-electron chi connectivity index (χ2n) is 4.77. The summed E-state index contributed by atoms with van der Waals surface area (Å²) in [6, 6.07) is 4.33. The average molecular weight is 263 g/mol. The van der Waals surface area contributed by atoms with Crippen LogP contribution in [0.15, 0.2) is 22.7 Å². The number of nitrogens with zero attached hydrogens (tertiary/aromatic N) is 2. The summed E-state index contributed by atoms with van der Waals surface area (Å²) in [4.78, 5) is 4.28. The summed E-state index contributed by atoms with van der Waals surface area (Å²) in [6.07, 6.45) is 0.153. The number of hydrogen-bond acceptors (Lipinski definition) is 5. The van der Waals surface area contributed by atoms with E-state index in [1.807, 2.05) is 6.92 Å². The molecule has 1 aromatic carbocycles. The third-order valence-corrected chi connectivity index (χ3v) is 3.29. The van der Waals surface area contributed by atoms with Crippen molar-refractivity contribution in [1.29, 1.82) is 0 Å². The van der Waals surface area contributed by atoms with Crippen molar-refractivity contribution in [3.8, 4) is 11.4 Å². The molecular formula is C13H14FN3O2. The van der Waals surface area contributed by atoms with Gasteiger partial charge < -0.3 is 14.9 Å². The van der Waals surface area contributed by atoms with Gasteiger partial charge in [-0.3, -0.25) is 0 Å². The minimum absolute atomic E-state index is 0.134. The van der Waals surface area contributed by atoms with Crippen LogP contribution in [-0.2, 0) is 0 Å². The third kappa shape index (κ3) is 2.36. The zero-order chi connectivity index (χ0) is 13.4. The van der Waals surface area contributed by atoms with Crippen LogP contribution in [0.1, 0.15) is 23.9 Å². The van der Waals surface area contributed by atoms with E-state index in [4.69, 9.17) is 4.52 Å². The maximum absolute atomic E-state index is 13.3. The fourth-order valence-electron chi connectivity index (χ4n) is 2.23. The first-order chi connectivity index (χ1) is 9.13. The van der Waals surface area contributed by atoms with Crippen LogP contribution in [0.2, 0.25) is 0 Å². The first-order valence-corrected chi connectivity index (χ1v) is 6.15. The van der Waals surface area contributed by atoms with Gasteiger partial charge in [-0.15, -0.1) is 0 Å². The SMILES string of the molecule is Cc1ccc(F)cc1-c1noc([C@H]2C[C@@H](O)CN2)n1. The first kappa shape index (κ1) is 12.3. The van der Waals surface area contributed by atoms with Crippen LogP contribution >= 0.6 is 0 Å². The molecule has 19 heavy (non-hydrogen) atoms. The number of rotatable bonds is 2. The molecule has 1 saturated heterocycles. The number of aliphatic hydroxyl groups excluding tert-OH is 1. The van der Waals surface area contributed by atoms with Crippen LogP contribution in [0.25, 0.3) is 11.4 Å². The number of hydrogen-bond donors (Lipinski definition) is 2. The topological polar surface area (TPSA) is 71.2 Å². The molecule has 3 rings (SSSR count). The third-order valence-electron chi connectivity index (χ3n) is 3.29. The molecule has 2 aromatic rings.